The van der Waals surface area contributed by atoms with E-state index in [1.54, 1.807) is 54.7 Å². The molecule has 0 radical (unpaired) electrons. The van der Waals surface area contributed by atoms with E-state index >= 15 is 0 Å². The first-order chi connectivity index (χ1) is 14.0. The summed E-state index contributed by atoms with van der Waals surface area (Å²) in [5.41, 5.74) is 6.08. The van der Waals surface area contributed by atoms with E-state index in [0.717, 1.165) is 19.3 Å². The molecular weight excluding hydrogens is 411 g/mol. The molecule has 2 aromatic carbocycles. The number of hydrogen-bond acceptors (Lipinski definition) is 4. The summed E-state index contributed by atoms with van der Waals surface area (Å²) in [5, 5.41) is 6.99. The van der Waals surface area contributed by atoms with Crippen LogP contribution in [0, 0.1) is 5.92 Å². The highest BCUT2D eigenvalue weighted by Gasteiger charge is 2.51. The van der Waals surface area contributed by atoms with Crippen molar-refractivity contribution in [3.63, 3.8) is 0 Å². The van der Waals surface area contributed by atoms with Gasteiger partial charge in [-0.05, 0) is 67.8 Å². The lowest BCUT2D eigenvalue weighted by molar-refractivity contribution is 0.00851. The molecule has 0 aromatic heterocycles. The van der Waals surface area contributed by atoms with E-state index in [9.17, 15) is 9.59 Å². The third-order valence-electron chi connectivity index (χ3n) is 5.46. The molecule has 0 saturated heterocycles. The third kappa shape index (κ3) is 3.88. The SMILES string of the molecule is O=C(NN[C@@]12CCCC[C@@H]1C=NN2C(=O)c1ccc(Cl)cc1)c1ccc(Cl)cc1. The van der Waals surface area contributed by atoms with Gasteiger partial charge >= 0.3 is 0 Å². The number of hydrazone groups is 1. The van der Waals surface area contributed by atoms with E-state index in [4.69, 9.17) is 23.2 Å². The highest BCUT2D eigenvalue weighted by molar-refractivity contribution is 6.31. The summed E-state index contributed by atoms with van der Waals surface area (Å²) in [6.45, 7) is 0. The largest absolute Gasteiger partial charge is 0.285 e. The number of rotatable bonds is 4. The second-order valence-electron chi connectivity index (χ2n) is 7.25. The standard InChI is InChI=1S/C21H20Cl2N4O2/c22-17-8-4-14(5-9-17)19(28)25-26-21-12-2-1-3-16(21)13-24-27(21)20(29)15-6-10-18(23)11-7-15/h4-11,13,16,26H,1-3,12H2,(H,25,28)/t16-,21-/m1/s1. The molecule has 1 aliphatic carbocycles. The van der Waals surface area contributed by atoms with Gasteiger partial charge in [0.2, 0.25) is 0 Å². The molecule has 8 heteroatoms. The molecule has 2 atom stereocenters. The number of nitrogens with zero attached hydrogens (tertiary/aromatic N) is 2. The van der Waals surface area contributed by atoms with Gasteiger partial charge in [0.1, 0.15) is 5.66 Å². The molecule has 1 saturated carbocycles. The van der Waals surface area contributed by atoms with Crippen LogP contribution < -0.4 is 10.9 Å². The zero-order valence-electron chi connectivity index (χ0n) is 15.6. The highest BCUT2D eigenvalue weighted by atomic mass is 35.5. The number of amides is 2. The fourth-order valence-corrected chi connectivity index (χ4v) is 4.14. The molecular formula is C21H20Cl2N4O2. The van der Waals surface area contributed by atoms with Crippen LogP contribution in [-0.2, 0) is 0 Å². The number of carbonyl (C=O) groups excluding carboxylic acids is 2. The minimum Gasteiger partial charge on any atom is -0.285 e. The van der Waals surface area contributed by atoms with Crippen molar-refractivity contribution in [1.29, 1.82) is 0 Å². The Morgan fingerprint density at radius 3 is 2.24 bits per heavy atom. The maximum atomic E-state index is 13.2. The fraction of sp³-hybridized carbons (Fsp3) is 0.286. The van der Waals surface area contributed by atoms with Gasteiger partial charge in [-0.1, -0.05) is 29.6 Å². The first-order valence-corrected chi connectivity index (χ1v) is 10.2. The summed E-state index contributed by atoms with van der Waals surface area (Å²) < 4.78 is 0. The molecule has 4 rings (SSSR count). The number of hydrogen-bond donors (Lipinski definition) is 2. The Kier molecular flexibility index (Phi) is 5.58. The number of halogens is 2. The van der Waals surface area contributed by atoms with E-state index in [0.29, 0.717) is 27.6 Å². The van der Waals surface area contributed by atoms with E-state index in [1.807, 2.05) is 0 Å². The van der Waals surface area contributed by atoms with Gasteiger partial charge < -0.3 is 0 Å². The van der Waals surface area contributed by atoms with Crippen LogP contribution in [0.4, 0.5) is 0 Å². The number of benzene rings is 2. The average molecular weight is 431 g/mol. The Labute approximate surface area is 178 Å². The van der Waals surface area contributed by atoms with Crippen LogP contribution in [0.2, 0.25) is 10.0 Å². The van der Waals surface area contributed by atoms with E-state index in [-0.39, 0.29) is 17.7 Å². The summed E-state index contributed by atoms with van der Waals surface area (Å²) >= 11 is 11.8. The molecule has 1 aliphatic heterocycles. The Morgan fingerprint density at radius 2 is 1.59 bits per heavy atom. The monoisotopic (exact) mass is 430 g/mol. The van der Waals surface area contributed by atoms with Crippen LogP contribution in [-0.4, -0.2) is 28.7 Å². The van der Waals surface area contributed by atoms with Crippen molar-refractivity contribution in [2.45, 2.75) is 31.3 Å². The summed E-state index contributed by atoms with van der Waals surface area (Å²) in [4.78, 5) is 25.8. The fourth-order valence-electron chi connectivity index (χ4n) is 3.89. The number of hydrazine groups is 1. The summed E-state index contributed by atoms with van der Waals surface area (Å²) in [7, 11) is 0. The van der Waals surface area contributed by atoms with Crippen molar-refractivity contribution in [3.8, 4) is 0 Å². The first kappa shape index (κ1) is 19.9. The van der Waals surface area contributed by atoms with Crippen LogP contribution in [0.5, 0.6) is 0 Å². The lowest BCUT2D eigenvalue weighted by Gasteiger charge is -2.43. The molecule has 2 aromatic rings. The Balaban J connectivity index is 1.56. The maximum absolute atomic E-state index is 13.2. The van der Waals surface area contributed by atoms with Crippen LogP contribution >= 0.6 is 23.2 Å². The van der Waals surface area contributed by atoms with Crippen molar-refractivity contribution < 1.29 is 9.59 Å². The highest BCUT2D eigenvalue weighted by Crippen LogP contribution is 2.40. The molecule has 0 spiro atoms. The molecule has 29 heavy (non-hydrogen) atoms. The van der Waals surface area contributed by atoms with Crippen LogP contribution in [0.1, 0.15) is 46.4 Å². The minimum atomic E-state index is -0.795. The first-order valence-electron chi connectivity index (χ1n) is 9.47. The molecule has 0 bridgehead atoms. The maximum Gasteiger partial charge on any atom is 0.275 e. The van der Waals surface area contributed by atoms with Gasteiger partial charge in [-0.25, -0.2) is 10.4 Å². The lowest BCUT2D eigenvalue weighted by Crippen LogP contribution is -2.66. The molecule has 1 fully saturated rings. The second kappa shape index (κ2) is 8.14. The lowest BCUT2D eigenvalue weighted by atomic mass is 9.80. The van der Waals surface area contributed by atoms with Gasteiger partial charge in [-0.15, -0.1) is 0 Å². The van der Waals surface area contributed by atoms with Crippen molar-refractivity contribution in [2.24, 2.45) is 11.0 Å². The van der Waals surface area contributed by atoms with Gasteiger partial charge in [0.05, 0.1) is 0 Å². The molecule has 0 unspecified atom stereocenters. The zero-order valence-corrected chi connectivity index (χ0v) is 17.1. The van der Waals surface area contributed by atoms with Gasteiger partial charge in [-0.2, -0.15) is 5.10 Å². The van der Waals surface area contributed by atoms with E-state index in [2.05, 4.69) is 16.0 Å². The van der Waals surface area contributed by atoms with Crippen LogP contribution in [0.3, 0.4) is 0 Å². The number of fused-ring (bicyclic) bond motifs is 1. The molecule has 2 aliphatic rings. The average Bonchev–Trinajstić information content (AvgIpc) is 3.12. The molecule has 2 N–H and O–H groups in total. The van der Waals surface area contributed by atoms with E-state index < -0.39 is 5.66 Å². The Morgan fingerprint density at radius 1 is 0.966 bits per heavy atom. The number of nitrogens with one attached hydrogen (secondary N) is 2. The van der Waals surface area contributed by atoms with Crippen molar-refractivity contribution in [3.05, 3.63) is 69.7 Å². The van der Waals surface area contributed by atoms with Crippen molar-refractivity contribution >= 4 is 41.2 Å². The molecule has 150 valence electrons. The summed E-state index contributed by atoms with van der Waals surface area (Å²) in [6.07, 6.45) is 5.34. The molecule has 6 nitrogen and oxygen atoms in total. The minimum absolute atomic E-state index is 0.0121. The summed E-state index contributed by atoms with van der Waals surface area (Å²) in [5.74, 6) is -0.528. The second-order valence-corrected chi connectivity index (χ2v) is 8.12. The Hall–Kier alpha value is -2.41. The third-order valence-corrected chi connectivity index (χ3v) is 5.96. The van der Waals surface area contributed by atoms with Gasteiger partial charge in [0.15, 0.2) is 0 Å². The van der Waals surface area contributed by atoms with Crippen molar-refractivity contribution in [1.82, 2.24) is 15.9 Å². The quantitative estimate of drug-likeness (QED) is 0.711. The Bertz CT molecular complexity index is 946. The van der Waals surface area contributed by atoms with Gasteiger partial charge in [0.25, 0.3) is 11.8 Å². The topological polar surface area (TPSA) is 73.8 Å². The van der Waals surface area contributed by atoms with E-state index in [1.165, 1.54) is 5.01 Å². The summed E-state index contributed by atoms with van der Waals surface area (Å²) in [6, 6.07) is 13.3. The smallest absolute Gasteiger partial charge is 0.275 e. The zero-order chi connectivity index (χ0) is 20.4. The predicted molar refractivity (Wildman–Crippen MR) is 113 cm³/mol. The molecule has 1 heterocycles. The van der Waals surface area contributed by atoms with Gasteiger partial charge in [-0.3, -0.25) is 15.0 Å². The van der Waals surface area contributed by atoms with Crippen molar-refractivity contribution in [2.75, 3.05) is 0 Å². The predicted octanol–water partition coefficient (Wildman–Crippen LogP) is 4.26. The number of carbonyl (C=O) groups is 2. The normalized spacial score (nSPS) is 23.0. The van der Waals surface area contributed by atoms with Crippen LogP contribution in [0.25, 0.3) is 0 Å². The molecule has 2 amide bonds. The van der Waals surface area contributed by atoms with Crippen LogP contribution in [0.15, 0.2) is 53.6 Å². The van der Waals surface area contributed by atoms with Gasteiger partial charge in [0, 0.05) is 33.3 Å².